The number of aromatic nitrogens is 2. The highest BCUT2D eigenvalue weighted by Crippen LogP contribution is 2.39. The molecule has 4 rings (SSSR count). The fourth-order valence-corrected chi connectivity index (χ4v) is 3.81. The Morgan fingerprint density at radius 2 is 1.90 bits per heavy atom. The third kappa shape index (κ3) is 3.83. The third-order valence-electron chi connectivity index (χ3n) is 4.58. The number of hydrogen-bond acceptors (Lipinski definition) is 4. The van der Waals surface area contributed by atoms with Gasteiger partial charge in [0.1, 0.15) is 11.6 Å². The molecule has 8 heteroatoms. The lowest BCUT2D eigenvalue weighted by Crippen LogP contribution is -2.16. The summed E-state index contributed by atoms with van der Waals surface area (Å²) < 4.78 is 38.0. The van der Waals surface area contributed by atoms with E-state index in [2.05, 4.69) is 9.71 Å². The highest BCUT2D eigenvalue weighted by molar-refractivity contribution is 7.97. The summed E-state index contributed by atoms with van der Waals surface area (Å²) in [7, 11) is 1.68. The van der Waals surface area contributed by atoms with E-state index in [0.29, 0.717) is 22.2 Å². The minimum Gasteiger partial charge on any atom is -0.454 e. The van der Waals surface area contributed by atoms with Gasteiger partial charge in [-0.25, -0.2) is 8.78 Å². The Hall–Kier alpha value is -3.10. The van der Waals surface area contributed by atoms with Gasteiger partial charge in [-0.3, -0.25) is 9.52 Å². The van der Waals surface area contributed by atoms with Gasteiger partial charge in [-0.2, -0.15) is 0 Å². The van der Waals surface area contributed by atoms with Gasteiger partial charge < -0.3 is 14.3 Å². The van der Waals surface area contributed by atoms with Gasteiger partial charge in [-0.05, 0) is 48.3 Å². The maximum absolute atomic E-state index is 14.2. The molecule has 0 aliphatic rings. The van der Waals surface area contributed by atoms with Crippen LogP contribution in [0.5, 0.6) is 11.5 Å². The van der Waals surface area contributed by atoms with Gasteiger partial charge in [0, 0.05) is 48.1 Å². The van der Waals surface area contributed by atoms with E-state index in [-0.39, 0.29) is 11.3 Å². The molecule has 0 radical (unpaired) electrons. The molecule has 0 saturated heterocycles. The molecular weight excluding hydrogens is 408 g/mol. The first kappa shape index (κ1) is 20.2. The SMILES string of the molecule is CCNSc1ccc(Oc2ccc(F)cc2F)c(-c2cn(C)c(=O)c3cc[nH]c23)c1. The summed E-state index contributed by atoms with van der Waals surface area (Å²) in [5, 5.41) is 0.540. The van der Waals surface area contributed by atoms with E-state index in [1.165, 1.54) is 22.6 Å². The van der Waals surface area contributed by atoms with Crippen molar-refractivity contribution in [3.05, 3.63) is 76.8 Å². The van der Waals surface area contributed by atoms with Gasteiger partial charge in [0.05, 0.1) is 10.9 Å². The number of nitrogens with zero attached hydrogens (tertiary/aromatic N) is 1. The topological polar surface area (TPSA) is 59.0 Å². The number of fused-ring (bicyclic) bond motifs is 1. The van der Waals surface area contributed by atoms with Crippen molar-refractivity contribution >= 4 is 22.9 Å². The fraction of sp³-hybridized carbons (Fsp3) is 0.136. The zero-order valence-corrected chi connectivity index (χ0v) is 17.1. The largest absolute Gasteiger partial charge is 0.454 e. The Morgan fingerprint density at radius 3 is 2.67 bits per heavy atom. The Balaban J connectivity index is 1.89. The summed E-state index contributed by atoms with van der Waals surface area (Å²) in [6, 6.07) is 10.4. The lowest BCUT2D eigenvalue weighted by Gasteiger charge is -2.15. The molecule has 0 aliphatic carbocycles. The molecule has 0 aliphatic heterocycles. The van der Waals surface area contributed by atoms with Crippen molar-refractivity contribution in [3.8, 4) is 22.6 Å². The molecule has 2 aromatic carbocycles. The molecule has 4 aromatic rings. The second kappa shape index (κ2) is 8.33. The number of rotatable bonds is 6. The third-order valence-corrected chi connectivity index (χ3v) is 5.50. The Labute approximate surface area is 175 Å². The number of benzene rings is 2. The predicted molar refractivity (Wildman–Crippen MR) is 115 cm³/mol. The van der Waals surface area contributed by atoms with Gasteiger partial charge in [0.25, 0.3) is 5.56 Å². The normalized spacial score (nSPS) is 11.2. The molecule has 0 spiro atoms. The van der Waals surface area contributed by atoms with Crippen LogP contribution in [-0.4, -0.2) is 16.1 Å². The maximum Gasteiger partial charge on any atom is 0.259 e. The average Bonchev–Trinajstić information content (AvgIpc) is 3.22. The molecule has 0 atom stereocenters. The van der Waals surface area contributed by atoms with Gasteiger partial charge in [0.15, 0.2) is 11.6 Å². The number of ether oxygens (including phenoxy) is 1. The first-order chi connectivity index (χ1) is 14.5. The molecular formula is C22H19F2N3O2S. The quantitative estimate of drug-likeness (QED) is 0.414. The van der Waals surface area contributed by atoms with Crippen LogP contribution < -0.4 is 15.0 Å². The molecule has 154 valence electrons. The first-order valence-corrected chi connectivity index (χ1v) is 10.1. The van der Waals surface area contributed by atoms with Crippen LogP contribution in [0.15, 0.2) is 64.5 Å². The number of H-pyrrole nitrogens is 1. The predicted octanol–water partition coefficient (Wildman–Crippen LogP) is 5.22. The van der Waals surface area contributed by atoms with Gasteiger partial charge >= 0.3 is 0 Å². The van der Waals surface area contributed by atoms with Crippen LogP contribution in [0.25, 0.3) is 22.0 Å². The molecule has 0 unspecified atom stereocenters. The summed E-state index contributed by atoms with van der Waals surface area (Å²) in [5.41, 5.74) is 1.94. The number of aromatic amines is 1. The molecule has 2 heterocycles. The molecule has 2 N–H and O–H groups in total. The number of pyridine rings is 1. The summed E-state index contributed by atoms with van der Waals surface area (Å²) in [5.74, 6) is -1.17. The van der Waals surface area contributed by atoms with Crippen molar-refractivity contribution < 1.29 is 13.5 Å². The van der Waals surface area contributed by atoms with E-state index in [1.54, 1.807) is 31.6 Å². The maximum atomic E-state index is 14.2. The number of hydrogen-bond donors (Lipinski definition) is 2. The summed E-state index contributed by atoms with van der Waals surface area (Å²) >= 11 is 1.46. The zero-order valence-electron chi connectivity index (χ0n) is 16.3. The highest BCUT2D eigenvalue weighted by Gasteiger charge is 2.17. The zero-order chi connectivity index (χ0) is 21.3. The van der Waals surface area contributed by atoms with E-state index < -0.39 is 11.6 Å². The Kier molecular flexibility index (Phi) is 5.61. The number of halogens is 2. The van der Waals surface area contributed by atoms with Crippen LogP contribution in [0, 0.1) is 11.6 Å². The van der Waals surface area contributed by atoms with E-state index >= 15 is 0 Å². The van der Waals surface area contributed by atoms with Gasteiger partial charge in [-0.15, -0.1) is 0 Å². The molecule has 30 heavy (non-hydrogen) atoms. The Morgan fingerprint density at radius 1 is 1.10 bits per heavy atom. The first-order valence-electron chi connectivity index (χ1n) is 9.31. The lowest BCUT2D eigenvalue weighted by molar-refractivity contribution is 0.439. The molecule has 5 nitrogen and oxygen atoms in total. The minimum absolute atomic E-state index is 0.0858. The fourth-order valence-electron chi connectivity index (χ4n) is 3.19. The van der Waals surface area contributed by atoms with Crippen molar-refractivity contribution in [3.63, 3.8) is 0 Å². The van der Waals surface area contributed by atoms with Crippen LogP contribution >= 0.6 is 11.9 Å². The molecule has 0 amide bonds. The number of nitrogens with one attached hydrogen (secondary N) is 2. The van der Waals surface area contributed by atoms with Crippen LogP contribution in [-0.2, 0) is 7.05 Å². The van der Waals surface area contributed by atoms with E-state index in [1.807, 2.05) is 19.1 Å². The van der Waals surface area contributed by atoms with E-state index in [9.17, 15) is 13.6 Å². The van der Waals surface area contributed by atoms with E-state index in [4.69, 9.17) is 4.74 Å². The second-order valence-corrected chi connectivity index (χ2v) is 7.62. The number of aryl methyl sites for hydroxylation is 1. The van der Waals surface area contributed by atoms with Crippen molar-refractivity contribution in [2.75, 3.05) is 6.54 Å². The van der Waals surface area contributed by atoms with E-state index in [0.717, 1.165) is 29.1 Å². The van der Waals surface area contributed by atoms with Crippen LogP contribution in [0.1, 0.15) is 6.92 Å². The molecule has 0 fully saturated rings. The van der Waals surface area contributed by atoms with Gasteiger partial charge in [0.2, 0.25) is 0 Å². The standard InChI is InChI=1S/C22H19F2N3O2S/c1-3-26-30-14-5-7-19(29-20-6-4-13(23)10-18(20)24)16(11-14)17-12-27(2)22(28)15-8-9-25-21(15)17/h4-12,25-26H,3H2,1-2H3. The van der Waals surface area contributed by atoms with Crippen molar-refractivity contribution in [2.24, 2.45) is 7.05 Å². The minimum atomic E-state index is -0.794. The highest BCUT2D eigenvalue weighted by atomic mass is 32.2. The van der Waals surface area contributed by atoms with Crippen LogP contribution in [0.4, 0.5) is 8.78 Å². The Bertz CT molecular complexity index is 1280. The van der Waals surface area contributed by atoms with Crippen LogP contribution in [0.3, 0.4) is 0 Å². The summed E-state index contributed by atoms with van der Waals surface area (Å²) in [4.78, 5) is 16.5. The summed E-state index contributed by atoms with van der Waals surface area (Å²) in [6.07, 6.45) is 3.42. The second-order valence-electron chi connectivity index (χ2n) is 6.66. The summed E-state index contributed by atoms with van der Waals surface area (Å²) in [6.45, 7) is 2.78. The average molecular weight is 427 g/mol. The van der Waals surface area contributed by atoms with Crippen LogP contribution in [0.2, 0.25) is 0 Å². The van der Waals surface area contributed by atoms with Crippen molar-refractivity contribution in [1.82, 2.24) is 14.3 Å². The molecule has 2 aromatic heterocycles. The molecule has 0 bridgehead atoms. The van der Waals surface area contributed by atoms with Gasteiger partial charge in [-0.1, -0.05) is 6.92 Å². The molecule has 0 saturated carbocycles. The monoisotopic (exact) mass is 427 g/mol. The van der Waals surface area contributed by atoms with Crippen molar-refractivity contribution in [1.29, 1.82) is 0 Å². The lowest BCUT2D eigenvalue weighted by atomic mass is 10.0. The smallest absolute Gasteiger partial charge is 0.259 e. The van der Waals surface area contributed by atoms with Crippen molar-refractivity contribution in [2.45, 2.75) is 11.8 Å².